The van der Waals surface area contributed by atoms with Gasteiger partial charge < -0.3 is 53.7 Å². The number of carbonyl (C=O) groups excluding carboxylic acids is 6. The van der Waals surface area contributed by atoms with E-state index >= 15 is 0 Å². The van der Waals surface area contributed by atoms with Gasteiger partial charge in [0.2, 0.25) is 5.79 Å². The molecule has 0 aromatic rings. The molecule has 4 N–H and O–H groups in total. The quantitative estimate of drug-likeness (QED) is 0.116. The standard InChI is InChI=1S/C56H87NO16/c1-33-17-13-12-14-18-34(2)45(68-9)29-41-22-20-39(7)56(67,73-41)51(63)52(64)57-24-16-15-19-42(57)53(65)71-46(30-43(60)35(3)26-38(6)49(62)50(70-11)48(61)37(5)25-33)36(4)27-40-21-23-44(47(28-40)69-10)72-54(66)55(8,31-58)32-59/h12-14,17-18,26,33,35-37,39-42,44-47,49-50,58-59,62,67H,15-16,19-25,27-32H2,1-11H3/b14-12-,17-13-,34-18-,38-26-/t33-,35-,36-,37-,39-,40+,41+,42+,44-,45+,46+,47-,49-,50+,56-/m1/s1. The molecule has 4 aliphatic rings. The molecule has 2 bridgehead atoms. The molecule has 412 valence electrons. The highest BCUT2D eigenvalue weighted by Gasteiger charge is 2.53. The Kier molecular flexibility index (Phi) is 23.9. The zero-order valence-electron chi connectivity index (χ0n) is 45.3. The van der Waals surface area contributed by atoms with E-state index in [4.69, 9.17) is 28.4 Å². The number of amides is 1. The number of aliphatic hydroxyl groups is 4. The lowest BCUT2D eigenvalue weighted by molar-refractivity contribution is -0.265. The molecule has 1 saturated carbocycles. The predicted octanol–water partition coefficient (Wildman–Crippen LogP) is 5.72. The molecule has 0 aromatic carbocycles. The van der Waals surface area contributed by atoms with Crippen LogP contribution in [0.2, 0.25) is 0 Å². The fraction of sp³-hybridized carbons (Fsp3) is 0.750. The topological polar surface area (TPSA) is 242 Å². The Bertz CT molecular complexity index is 2010. The molecule has 2 saturated heterocycles. The highest BCUT2D eigenvalue weighted by molar-refractivity contribution is 6.39. The van der Waals surface area contributed by atoms with E-state index in [-0.39, 0.29) is 42.8 Å². The number of hydrogen-bond donors (Lipinski definition) is 4. The van der Waals surface area contributed by atoms with E-state index in [0.29, 0.717) is 69.8 Å². The van der Waals surface area contributed by atoms with Crippen molar-refractivity contribution in [3.63, 3.8) is 0 Å². The van der Waals surface area contributed by atoms with Crippen molar-refractivity contribution in [1.29, 1.82) is 0 Å². The molecule has 17 nitrogen and oxygen atoms in total. The van der Waals surface area contributed by atoms with Crippen molar-refractivity contribution in [3.8, 4) is 0 Å². The van der Waals surface area contributed by atoms with Gasteiger partial charge in [0.25, 0.3) is 11.7 Å². The highest BCUT2D eigenvalue weighted by atomic mass is 16.6. The average molecular weight is 1030 g/mol. The second-order valence-electron chi connectivity index (χ2n) is 21.8. The molecule has 73 heavy (non-hydrogen) atoms. The Morgan fingerprint density at radius 3 is 2.21 bits per heavy atom. The van der Waals surface area contributed by atoms with Crippen LogP contribution in [0.3, 0.4) is 0 Å². The molecule has 3 fully saturated rings. The number of carbonyl (C=O) groups is 6. The molecule has 15 atom stereocenters. The molecule has 0 radical (unpaired) electrons. The number of ketones is 3. The summed E-state index contributed by atoms with van der Waals surface area (Å²) in [5.41, 5.74) is -0.277. The maximum Gasteiger partial charge on any atom is 0.329 e. The minimum atomic E-state index is -2.47. The SMILES string of the molecule is CO[C@H]1C[C@@H]2CC[C@@H](C)[C@@](O)(O2)C(=O)C(=O)N2CCCC[C@H]2C(=O)O[C@H]([C@H](C)C[C@@H]2CC[C@@H](OC(=O)C(C)(CO)CO)[C@H](OC)C2)CC(=O)[C@H](C)/C=C(/C)[C@@H](O)[C@@H](OC)C(=O)[C@H](C)C[C@H](C)\C=C/C=C\C=C/1C. The van der Waals surface area contributed by atoms with Crippen LogP contribution in [0.1, 0.15) is 132 Å². The first-order valence-electron chi connectivity index (χ1n) is 26.4. The number of hydrogen-bond acceptors (Lipinski definition) is 16. The maximum absolute atomic E-state index is 14.5. The Hall–Kier alpha value is -3.94. The van der Waals surface area contributed by atoms with Crippen molar-refractivity contribution in [2.24, 2.45) is 40.9 Å². The summed E-state index contributed by atoms with van der Waals surface area (Å²) in [4.78, 5) is 85.4. The van der Waals surface area contributed by atoms with Gasteiger partial charge in [-0.15, -0.1) is 0 Å². The molecule has 3 aliphatic heterocycles. The van der Waals surface area contributed by atoms with E-state index in [9.17, 15) is 49.2 Å². The number of Topliss-reactive ketones (excluding diaryl/α,β-unsaturated/α-hetero) is 3. The summed E-state index contributed by atoms with van der Waals surface area (Å²) in [7, 11) is 4.43. The van der Waals surface area contributed by atoms with E-state index in [1.807, 2.05) is 51.2 Å². The molecule has 17 heteroatoms. The van der Waals surface area contributed by atoms with Crippen molar-refractivity contribution in [1.82, 2.24) is 4.90 Å². The lowest BCUT2D eigenvalue weighted by Crippen LogP contribution is -2.61. The first-order chi connectivity index (χ1) is 34.5. The molecule has 3 heterocycles. The van der Waals surface area contributed by atoms with Crippen molar-refractivity contribution in [2.45, 2.75) is 187 Å². The largest absolute Gasteiger partial charge is 0.460 e. The minimum Gasteiger partial charge on any atom is -0.460 e. The van der Waals surface area contributed by atoms with Crippen LogP contribution in [0.5, 0.6) is 0 Å². The van der Waals surface area contributed by atoms with E-state index in [1.54, 1.807) is 40.9 Å². The fourth-order valence-electron chi connectivity index (χ4n) is 10.7. The second kappa shape index (κ2) is 28.3. The van der Waals surface area contributed by atoms with Crippen molar-refractivity contribution >= 4 is 35.2 Å². The van der Waals surface area contributed by atoms with Gasteiger partial charge in [-0.2, -0.15) is 0 Å². The average Bonchev–Trinajstić information content (AvgIpc) is 3.37. The highest BCUT2D eigenvalue weighted by Crippen LogP contribution is 2.38. The number of ether oxygens (including phenoxy) is 6. The van der Waals surface area contributed by atoms with Gasteiger partial charge >= 0.3 is 11.9 Å². The summed E-state index contributed by atoms with van der Waals surface area (Å²) in [5.74, 6) is -9.36. The summed E-state index contributed by atoms with van der Waals surface area (Å²) in [6, 6.07) is -1.20. The van der Waals surface area contributed by atoms with Crippen LogP contribution >= 0.6 is 0 Å². The first-order valence-corrected chi connectivity index (χ1v) is 26.4. The number of methoxy groups -OCH3 is 3. The molecule has 0 aromatic heterocycles. The van der Waals surface area contributed by atoms with Crippen LogP contribution in [0.15, 0.2) is 47.6 Å². The monoisotopic (exact) mass is 1030 g/mol. The lowest BCUT2D eigenvalue weighted by Gasteiger charge is -2.42. The number of esters is 2. The molecular formula is C56H87NO16. The van der Waals surface area contributed by atoms with Gasteiger partial charge in [-0.1, -0.05) is 71.1 Å². The van der Waals surface area contributed by atoms with E-state index in [0.717, 1.165) is 10.5 Å². The van der Waals surface area contributed by atoms with E-state index < -0.39 is 120 Å². The van der Waals surface area contributed by atoms with Gasteiger partial charge in [0.05, 0.1) is 31.5 Å². The predicted molar refractivity (Wildman–Crippen MR) is 271 cm³/mol. The molecule has 1 aliphatic carbocycles. The van der Waals surface area contributed by atoms with Gasteiger partial charge in [0.15, 0.2) is 5.78 Å². The summed E-state index contributed by atoms with van der Waals surface area (Å²) < 4.78 is 35.4. The van der Waals surface area contributed by atoms with Crippen LogP contribution in [0, 0.1) is 40.9 Å². The fourth-order valence-corrected chi connectivity index (χ4v) is 10.7. The van der Waals surface area contributed by atoms with Gasteiger partial charge in [-0.05, 0) is 114 Å². The van der Waals surface area contributed by atoms with Gasteiger partial charge in [-0.25, -0.2) is 4.79 Å². The number of aliphatic hydroxyl groups excluding tert-OH is 3. The van der Waals surface area contributed by atoms with Gasteiger partial charge in [-0.3, -0.25) is 24.0 Å². The van der Waals surface area contributed by atoms with Crippen LogP contribution in [-0.4, -0.2) is 156 Å². The summed E-state index contributed by atoms with van der Waals surface area (Å²) in [5, 5.41) is 43.1. The van der Waals surface area contributed by atoms with Gasteiger partial charge in [0, 0.05) is 58.5 Å². The number of piperidine rings is 1. The normalized spacial score (nSPS) is 37.4. The Balaban J connectivity index is 1.69. The minimum absolute atomic E-state index is 0.00697. The number of cyclic esters (lactones) is 1. The van der Waals surface area contributed by atoms with Crippen molar-refractivity contribution in [2.75, 3.05) is 41.1 Å². The summed E-state index contributed by atoms with van der Waals surface area (Å²) >= 11 is 0. The van der Waals surface area contributed by atoms with Crippen LogP contribution in [-0.2, 0) is 57.2 Å². The van der Waals surface area contributed by atoms with Crippen LogP contribution in [0.4, 0.5) is 0 Å². The van der Waals surface area contributed by atoms with E-state index in [2.05, 4.69) is 0 Å². The molecule has 4 rings (SSSR count). The first kappa shape index (κ1) is 61.6. The van der Waals surface area contributed by atoms with Crippen LogP contribution < -0.4 is 0 Å². The Labute approximate surface area is 433 Å². The maximum atomic E-state index is 14.5. The van der Waals surface area contributed by atoms with Gasteiger partial charge in [0.1, 0.15) is 41.7 Å². The molecule has 0 spiro atoms. The smallest absolute Gasteiger partial charge is 0.329 e. The lowest BCUT2D eigenvalue weighted by atomic mass is 9.78. The van der Waals surface area contributed by atoms with E-state index in [1.165, 1.54) is 21.1 Å². The molecule has 0 unspecified atom stereocenters. The number of rotatable bonds is 10. The summed E-state index contributed by atoms with van der Waals surface area (Å²) in [6.45, 7) is 12.7. The third-order valence-electron chi connectivity index (χ3n) is 15.9. The number of fused-ring (bicyclic) bond motifs is 3. The third-order valence-corrected chi connectivity index (χ3v) is 15.9. The Morgan fingerprint density at radius 2 is 1.56 bits per heavy atom. The van der Waals surface area contributed by atoms with Crippen LogP contribution in [0.25, 0.3) is 0 Å². The van der Waals surface area contributed by atoms with Crippen molar-refractivity contribution in [3.05, 3.63) is 47.6 Å². The molecular weight excluding hydrogens is 943 g/mol. The molecule has 1 amide bonds. The second-order valence-corrected chi connectivity index (χ2v) is 21.8. The summed E-state index contributed by atoms with van der Waals surface area (Å²) in [6.07, 6.45) is 9.76. The Morgan fingerprint density at radius 1 is 0.863 bits per heavy atom. The zero-order valence-corrected chi connectivity index (χ0v) is 45.3. The third kappa shape index (κ3) is 16.0. The zero-order chi connectivity index (χ0) is 54.4. The number of nitrogens with zero attached hydrogens (tertiary/aromatic N) is 1. The number of allylic oxidation sites excluding steroid dienone is 6. The van der Waals surface area contributed by atoms with Crippen molar-refractivity contribution < 1.29 is 77.6 Å².